The van der Waals surface area contributed by atoms with E-state index in [1.807, 2.05) is 0 Å². The summed E-state index contributed by atoms with van der Waals surface area (Å²) < 4.78 is 2.55. The van der Waals surface area contributed by atoms with Crippen LogP contribution in [0.3, 0.4) is 0 Å². The van der Waals surface area contributed by atoms with E-state index < -0.39 is 0 Å². The molecule has 1 saturated heterocycles. The van der Waals surface area contributed by atoms with E-state index in [1.54, 1.807) is 0 Å². The molecule has 0 N–H and O–H groups in total. The summed E-state index contributed by atoms with van der Waals surface area (Å²) in [4.78, 5) is 0. The van der Waals surface area contributed by atoms with Crippen LogP contribution in [-0.2, 0) is 0 Å². The minimum Gasteiger partial charge on any atom is -0.251 e. The molecule has 0 bridgehead atoms. The van der Waals surface area contributed by atoms with Gasteiger partial charge in [-0.25, -0.2) is 0 Å². The van der Waals surface area contributed by atoms with Gasteiger partial charge in [0.05, 0.1) is 0 Å². The number of hydrogen-bond acceptors (Lipinski definition) is 2. The van der Waals surface area contributed by atoms with Gasteiger partial charge in [-0.05, 0) is 30.1 Å². The van der Waals surface area contributed by atoms with Crippen molar-refractivity contribution in [3.05, 3.63) is 0 Å². The van der Waals surface area contributed by atoms with Crippen molar-refractivity contribution in [2.75, 3.05) is 18.8 Å². The average molecular weight is 229 g/mol. The maximum atomic E-state index is 2.55. The fraction of sp³-hybridized carbons (Fsp3) is 1.00. The summed E-state index contributed by atoms with van der Waals surface area (Å²) in [5.41, 5.74) is 0.917. The third-order valence-corrected chi connectivity index (χ3v) is 4.35. The van der Waals surface area contributed by atoms with Crippen molar-refractivity contribution in [1.82, 2.24) is 4.31 Å². The lowest BCUT2D eigenvalue weighted by molar-refractivity contribution is 0.237. The van der Waals surface area contributed by atoms with Crippen LogP contribution in [0.4, 0.5) is 0 Å². The van der Waals surface area contributed by atoms with Crippen molar-refractivity contribution in [1.29, 1.82) is 0 Å². The van der Waals surface area contributed by atoms with E-state index in [-0.39, 0.29) is 0 Å². The Bertz CT molecular complexity index is 187. The molecule has 0 unspecified atom stereocenters. The van der Waals surface area contributed by atoms with Gasteiger partial charge in [-0.1, -0.05) is 46.6 Å². The van der Waals surface area contributed by atoms with E-state index in [0.717, 1.165) is 0 Å². The lowest BCUT2D eigenvalue weighted by Crippen LogP contribution is -2.25. The summed E-state index contributed by atoms with van der Waals surface area (Å²) >= 11 is 2.06. The predicted octanol–water partition coefficient (Wildman–Crippen LogP) is 4.19. The smallest absolute Gasteiger partial charge is 0.0132 e. The molecule has 0 amide bonds. The molecule has 0 radical (unpaired) electrons. The van der Waals surface area contributed by atoms with E-state index in [2.05, 4.69) is 50.9 Å². The minimum absolute atomic E-state index is 0.453. The summed E-state index contributed by atoms with van der Waals surface area (Å²) in [5, 5.41) is 0. The zero-order chi connectivity index (χ0) is 11.5. The quantitative estimate of drug-likeness (QED) is 0.665. The molecule has 0 saturated carbocycles. The second-order valence-corrected chi connectivity index (χ2v) is 7.87. The van der Waals surface area contributed by atoms with Crippen LogP contribution in [0.5, 0.6) is 0 Å². The van der Waals surface area contributed by atoms with E-state index in [4.69, 9.17) is 0 Å². The zero-order valence-corrected chi connectivity index (χ0v) is 11.9. The van der Waals surface area contributed by atoms with Crippen LogP contribution in [0.25, 0.3) is 0 Å². The van der Waals surface area contributed by atoms with Crippen molar-refractivity contribution in [3.8, 4) is 0 Å². The summed E-state index contributed by atoms with van der Waals surface area (Å²) in [6.45, 7) is 14.4. The number of nitrogens with zero attached hydrogens (tertiary/aromatic N) is 1. The van der Waals surface area contributed by atoms with Gasteiger partial charge in [0, 0.05) is 18.8 Å². The first-order chi connectivity index (χ1) is 6.79. The molecule has 1 nitrogen and oxygen atoms in total. The lowest BCUT2D eigenvalue weighted by atomic mass is 9.77. The molecule has 2 heteroatoms. The van der Waals surface area contributed by atoms with Gasteiger partial charge in [0.15, 0.2) is 0 Å². The van der Waals surface area contributed by atoms with Gasteiger partial charge < -0.3 is 0 Å². The minimum atomic E-state index is 0.453. The van der Waals surface area contributed by atoms with E-state index in [9.17, 15) is 0 Å². The molecule has 1 rings (SSSR count). The summed E-state index contributed by atoms with van der Waals surface area (Å²) in [7, 11) is 0. The molecular formula is C13H27NS. The largest absolute Gasteiger partial charge is 0.251 e. The van der Waals surface area contributed by atoms with Gasteiger partial charge in [0.25, 0.3) is 0 Å². The SMILES string of the molecule is CC(C)(C)CC(C)(C)CSN1CCCC1. The Kier molecular flexibility index (Phi) is 4.54. The molecule has 0 aromatic rings. The van der Waals surface area contributed by atoms with Crippen LogP contribution >= 0.6 is 11.9 Å². The number of hydrogen-bond donors (Lipinski definition) is 0. The Hall–Kier alpha value is 0.310. The standard InChI is InChI=1S/C13H27NS/c1-12(2,3)10-13(4,5)11-15-14-8-6-7-9-14/h6-11H2,1-5H3. The van der Waals surface area contributed by atoms with Crippen LogP contribution in [0.2, 0.25) is 0 Å². The first-order valence-electron chi connectivity index (χ1n) is 6.16. The van der Waals surface area contributed by atoms with Crippen LogP contribution < -0.4 is 0 Å². The third-order valence-electron chi connectivity index (χ3n) is 2.71. The van der Waals surface area contributed by atoms with Crippen LogP contribution in [0, 0.1) is 10.8 Å². The Morgan fingerprint density at radius 3 is 2.00 bits per heavy atom. The molecule has 0 aliphatic carbocycles. The molecular weight excluding hydrogens is 202 g/mol. The fourth-order valence-corrected chi connectivity index (χ4v) is 3.72. The Morgan fingerprint density at radius 1 is 1.00 bits per heavy atom. The second kappa shape index (κ2) is 5.09. The number of rotatable bonds is 4. The predicted molar refractivity (Wildman–Crippen MR) is 71.1 cm³/mol. The van der Waals surface area contributed by atoms with E-state index >= 15 is 0 Å². The average Bonchev–Trinajstić information content (AvgIpc) is 2.47. The molecule has 0 atom stereocenters. The molecule has 1 heterocycles. The third kappa shape index (κ3) is 5.82. The fourth-order valence-electron chi connectivity index (χ4n) is 2.57. The summed E-state index contributed by atoms with van der Waals surface area (Å²) in [6.07, 6.45) is 4.10. The topological polar surface area (TPSA) is 3.24 Å². The van der Waals surface area contributed by atoms with Crippen LogP contribution in [0.15, 0.2) is 0 Å². The monoisotopic (exact) mass is 229 g/mol. The highest BCUT2D eigenvalue weighted by atomic mass is 32.2. The van der Waals surface area contributed by atoms with Crippen molar-refractivity contribution >= 4 is 11.9 Å². The first kappa shape index (κ1) is 13.4. The van der Waals surface area contributed by atoms with Crippen LogP contribution in [-0.4, -0.2) is 23.1 Å². The molecule has 1 fully saturated rings. The zero-order valence-electron chi connectivity index (χ0n) is 11.1. The van der Waals surface area contributed by atoms with Crippen molar-refractivity contribution in [2.45, 2.75) is 53.9 Å². The second-order valence-electron chi connectivity index (χ2n) is 6.81. The van der Waals surface area contributed by atoms with E-state index in [0.29, 0.717) is 10.8 Å². The van der Waals surface area contributed by atoms with E-state index in [1.165, 1.54) is 38.1 Å². The normalized spacial score (nSPS) is 19.8. The van der Waals surface area contributed by atoms with Crippen molar-refractivity contribution < 1.29 is 0 Å². The Morgan fingerprint density at radius 2 is 1.53 bits per heavy atom. The molecule has 15 heavy (non-hydrogen) atoms. The van der Waals surface area contributed by atoms with Crippen molar-refractivity contribution in [2.24, 2.45) is 10.8 Å². The van der Waals surface area contributed by atoms with Gasteiger partial charge in [0.2, 0.25) is 0 Å². The summed E-state index contributed by atoms with van der Waals surface area (Å²) in [5.74, 6) is 1.27. The maximum absolute atomic E-state index is 2.55. The molecule has 0 aromatic carbocycles. The van der Waals surface area contributed by atoms with Crippen molar-refractivity contribution in [3.63, 3.8) is 0 Å². The molecule has 1 aliphatic rings. The molecule has 90 valence electrons. The van der Waals surface area contributed by atoms with Gasteiger partial charge in [-0.2, -0.15) is 0 Å². The highest BCUT2D eigenvalue weighted by Gasteiger charge is 2.26. The highest BCUT2D eigenvalue weighted by Crippen LogP contribution is 2.36. The maximum Gasteiger partial charge on any atom is 0.0132 e. The first-order valence-corrected chi connectivity index (χ1v) is 7.11. The van der Waals surface area contributed by atoms with Gasteiger partial charge in [-0.15, -0.1) is 0 Å². The summed E-state index contributed by atoms with van der Waals surface area (Å²) in [6, 6.07) is 0. The molecule has 1 aliphatic heterocycles. The lowest BCUT2D eigenvalue weighted by Gasteiger charge is -2.33. The Labute approximate surface area is 100 Å². The molecule has 0 spiro atoms. The van der Waals surface area contributed by atoms with Gasteiger partial charge >= 0.3 is 0 Å². The Balaban J connectivity index is 2.28. The van der Waals surface area contributed by atoms with Crippen LogP contribution in [0.1, 0.15) is 53.9 Å². The van der Waals surface area contributed by atoms with Gasteiger partial charge in [0.1, 0.15) is 0 Å². The molecule has 0 aromatic heterocycles. The highest BCUT2D eigenvalue weighted by molar-refractivity contribution is 7.97. The van der Waals surface area contributed by atoms with Gasteiger partial charge in [-0.3, -0.25) is 4.31 Å².